The van der Waals surface area contributed by atoms with E-state index in [1.54, 1.807) is 41.2 Å². The number of benzene rings is 2. The number of carbonyl (C=O) groups is 1. The summed E-state index contributed by atoms with van der Waals surface area (Å²) in [6.07, 6.45) is 4.19. The quantitative estimate of drug-likeness (QED) is 0.304. The van der Waals surface area contributed by atoms with E-state index in [1.807, 2.05) is 24.3 Å². The maximum atomic E-state index is 12.5. The van der Waals surface area contributed by atoms with Gasteiger partial charge in [-0.2, -0.15) is 5.10 Å². The molecule has 4 rings (SSSR count). The molecule has 0 radical (unpaired) electrons. The number of nitrogens with zero attached hydrogens (tertiary/aromatic N) is 2. The maximum absolute atomic E-state index is 12.5. The molecule has 0 fully saturated rings. The van der Waals surface area contributed by atoms with Gasteiger partial charge < -0.3 is 19.2 Å². The summed E-state index contributed by atoms with van der Waals surface area (Å²) < 4.78 is 18.5. The number of nitrogens with one attached hydrogen (secondary N) is 1. The van der Waals surface area contributed by atoms with Gasteiger partial charge in [0.2, 0.25) is 0 Å². The molecule has 2 heterocycles. The van der Waals surface area contributed by atoms with Crippen molar-refractivity contribution in [1.82, 2.24) is 9.78 Å². The summed E-state index contributed by atoms with van der Waals surface area (Å²) >= 11 is 12.1. The van der Waals surface area contributed by atoms with Crippen LogP contribution >= 0.6 is 23.2 Å². The Kier molecular flexibility index (Phi) is 7.22. The summed E-state index contributed by atoms with van der Waals surface area (Å²) in [5.74, 6) is 1.39. The number of anilines is 1. The predicted octanol–water partition coefficient (Wildman–Crippen LogP) is 6.21. The van der Waals surface area contributed by atoms with Crippen LogP contribution in [-0.2, 0) is 19.8 Å². The molecular weight excluding hydrogens is 465 g/mol. The Morgan fingerprint density at radius 3 is 2.70 bits per heavy atom. The molecule has 0 spiro atoms. The molecule has 2 aromatic heterocycles. The minimum Gasteiger partial charge on any atom is -0.484 e. The van der Waals surface area contributed by atoms with E-state index < -0.39 is 5.91 Å². The van der Waals surface area contributed by atoms with E-state index in [-0.39, 0.29) is 19.1 Å². The van der Waals surface area contributed by atoms with Gasteiger partial charge in [0, 0.05) is 0 Å². The van der Waals surface area contributed by atoms with E-state index in [0.29, 0.717) is 27.2 Å². The SMILES string of the molecule is CCc1ccc(OCn2cc(NC(=O)c3ccc(COc4cccc(Cl)c4Cl)o3)cn2)cc1. The van der Waals surface area contributed by atoms with Gasteiger partial charge in [-0.3, -0.25) is 4.79 Å². The summed E-state index contributed by atoms with van der Waals surface area (Å²) in [6.45, 7) is 2.42. The lowest BCUT2D eigenvalue weighted by molar-refractivity contribution is 0.0992. The Morgan fingerprint density at radius 2 is 1.91 bits per heavy atom. The minimum absolute atomic E-state index is 0.0991. The highest BCUT2D eigenvalue weighted by Gasteiger charge is 2.14. The van der Waals surface area contributed by atoms with Gasteiger partial charge in [-0.15, -0.1) is 0 Å². The van der Waals surface area contributed by atoms with E-state index in [1.165, 1.54) is 11.8 Å². The van der Waals surface area contributed by atoms with Gasteiger partial charge >= 0.3 is 0 Å². The number of aromatic nitrogens is 2. The van der Waals surface area contributed by atoms with Crippen molar-refractivity contribution in [3.05, 3.63) is 94.1 Å². The molecule has 9 heteroatoms. The molecule has 0 aliphatic rings. The molecule has 0 saturated carbocycles. The number of hydrogen-bond acceptors (Lipinski definition) is 5. The lowest BCUT2D eigenvalue weighted by Gasteiger charge is -2.07. The van der Waals surface area contributed by atoms with Crippen molar-refractivity contribution >= 4 is 34.8 Å². The zero-order chi connectivity index (χ0) is 23.2. The first-order valence-electron chi connectivity index (χ1n) is 10.2. The number of carbonyl (C=O) groups excluding carboxylic acids is 1. The van der Waals surface area contributed by atoms with Crippen LogP contribution in [0.15, 0.2) is 71.4 Å². The molecule has 0 bridgehead atoms. The smallest absolute Gasteiger partial charge is 0.291 e. The van der Waals surface area contributed by atoms with Crippen molar-refractivity contribution in [3.8, 4) is 11.5 Å². The standard InChI is InChI=1S/C24H21Cl2N3O4/c1-2-16-6-8-18(9-7-16)32-15-29-13-17(12-27-29)28-24(30)22-11-10-19(33-22)14-31-21-5-3-4-20(25)23(21)26/h3-13H,2,14-15H2,1H3,(H,28,30). The zero-order valence-corrected chi connectivity index (χ0v) is 19.3. The van der Waals surface area contributed by atoms with Gasteiger partial charge in [0.05, 0.1) is 23.1 Å². The summed E-state index contributed by atoms with van der Waals surface area (Å²) in [5.41, 5.74) is 1.76. The van der Waals surface area contributed by atoms with E-state index in [2.05, 4.69) is 17.3 Å². The van der Waals surface area contributed by atoms with Gasteiger partial charge in [0.15, 0.2) is 12.5 Å². The number of furan rings is 1. The van der Waals surface area contributed by atoms with Crippen molar-refractivity contribution in [2.24, 2.45) is 0 Å². The maximum Gasteiger partial charge on any atom is 0.291 e. The highest BCUT2D eigenvalue weighted by atomic mass is 35.5. The molecule has 4 aromatic rings. The fourth-order valence-corrected chi connectivity index (χ4v) is 3.32. The minimum atomic E-state index is -0.405. The second-order valence-corrected chi connectivity index (χ2v) is 7.89. The van der Waals surface area contributed by atoms with Crippen molar-refractivity contribution in [1.29, 1.82) is 0 Å². The highest BCUT2D eigenvalue weighted by molar-refractivity contribution is 6.42. The van der Waals surface area contributed by atoms with Crippen LogP contribution in [0, 0.1) is 0 Å². The van der Waals surface area contributed by atoms with Gasteiger partial charge in [0.25, 0.3) is 5.91 Å². The summed E-state index contributed by atoms with van der Waals surface area (Å²) in [4.78, 5) is 12.5. The molecule has 0 saturated heterocycles. The Labute approximate surface area is 200 Å². The first-order chi connectivity index (χ1) is 16.0. The number of ether oxygens (including phenoxy) is 2. The van der Waals surface area contributed by atoms with Crippen LogP contribution in [0.3, 0.4) is 0 Å². The van der Waals surface area contributed by atoms with E-state index in [9.17, 15) is 4.79 Å². The third-order valence-electron chi connectivity index (χ3n) is 4.76. The third kappa shape index (κ3) is 5.88. The zero-order valence-electron chi connectivity index (χ0n) is 17.8. The molecule has 0 atom stereocenters. The second kappa shape index (κ2) is 10.5. The summed E-state index contributed by atoms with van der Waals surface area (Å²) in [7, 11) is 0. The summed E-state index contributed by atoms with van der Waals surface area (Å²) in [6, 6.07) is 16.2. The lowest BCUT2D eigenvalue weighted by Crippen LogP contribution is -2.10. The van der Waals surface area contributed by atoms with Crippen LogP contribution in [0.2, 0.25) is 10.0 Å². The molecule has 0 aliphatic carbocycles. The van der Waals surface area contributed by atoms with Gasteiger partial charge in [-0.25, -0.2) is 4.68 Å². The molecule has 170 valence electrons. The van der Waals surface area contributed by atoms with Crippen LogP contribution in [0.1, 0.15) is 28.8 Å². The lowest BCUT2D eigenvalue weighted by atomic mass is 10.2. The van der Waals surface area contributed by atoms with Gasteiger partial charge in [-0.05, 0) is 48.4 Å². The monoisotopic (exact) mass is 485 g/mol. The highest BCUT2D eigenvalue weighted by Crippen LogP contribution is 2.32. The van der Waals surface area contributed by atoms with Crippen LogP contribution in [0.5, 0.6) is 11.5 Å². The number of aryl methyl sites for hydroxylation is 1. The molecule has 7 nitrogen and oxygen atoms in total. The molecule has 1 amide bonds. The number of rotatable bonds is 9. The Bertz CT molecular complexity index is 1230. The molecular formula is C24H21Cl2N3O4. The van der Waals surface area contributed by atoms with Crippen molar-refractivity contribution in [2.75, 3.05) is 5.32 Å². The molecule has 0 unspecified atom stereocenters. The molecule has 33 heavy (non-hydrogen) atoms. The fraction of sp³-hybridized carbons (Fsp3) is 0.167. The van der Waals surface area contributed by atoms with Gasteiger partial charge in [0.1, 0.15) is 28.9 Å². The van der Waals surface area contributed by atoms with E-state index >= 15 is 0 Å². The Hall–Kier alpha value is -3.42. The second-order valence-electron chi connectivity index (χ2n) is 7.10. The average molecular weight is 486 g/mol. The Morgan fingerprint density at radius 1 is 1.09 bits per heavy atom. The van der Waals surface area contributed by atoms with E-state index in [4.69, 9.17) is 37.1 Å². The fourth-order valence-electron chi connectivity index (χ4n) is 2.98. The van der Waals surface area contributed by atoms with Crippen LogP contribution in [-0.4, -0.2) is 15.7 Å². The molecule has 1 N–H and O–H groups in total. The first-order valence-corrected chi connectivity index (χ1v) is 11.0. The topological polar surface area (TPSA) is 78.5 Å². The first kappa shape index (κ1) is 22.8. The van der Waals surface area contributed by atoms with Crippen molar-refractivity contribution in [3.63, 3.8) is 0 Å². The summed E-state index contributed by atoms with van der Waals surface area (Å²) in [5, 5.41) is 7.66. The Balaban J connectivity index is 1.29. The average Bonchev–Trinajstić information content (AvgIpc) is 3.49. The normalized spacial score (nSPS) is 10.8. The van der Waals surface area contributed by atoms with Crippen LogP contribution in [0.25, 0.3) is 0 Å². The number of halogens is 2. The van der Waals surface area contributed by atoms with Crippen molar-refractivity contribution in [2.45, 2.75) is 26.7 Å². The molecule has 2 aromatic carbocycles. The van der Waals surface area contributed by atoms with Crippen LogP contribution < -0.4 is 14.8 Å². The largest absolute Gasteiger partial charge is 0.484 e. The third-order valence-corrected chi connectivity index (χ3v) is 5.56. The van der Waals surface area contributed by atoms with Crippen LogP contribution in [0.4, 0.5) is 5.69 Å². The predicted molar refractivity (Wildman–Crippen MR) is 126 cm³/mol. The van der Waals surface area contributed by atoms with Crippen molar-refractivity contribution < 1.29 is 18.7 Å². The number of amides is 1. The van der Waals surface area contributed by atoms with E-state index in [0.717, 1.165) is 12.2 Å². The van der Waals surface area contributed by atoms with Gasteiger partial charge in [-0.1, -0.05) is 48.3 Å². The number of hydrogen-bond donors (Lipinski definition) is 1. The molecule has 0 aliphatic heterocycles.